The first kappa shape index (κ1) is 63.5. The number of ether oxygens (including phenoxy) is 1. The lowest BCUT2D eigenvalue weighted by molar-refractivity contribution is -0.438. The van der Waals surface area contributed by atoms with E-state index < -0.39 is 114 Å². The zero-order chi connectivity index (χ0) is 60.7. The van der Waals surface area contributed by atoms with Crippen molar-refractivity contribution >= 4 is 91.0 Å². The molecule has 3 heterocycles. The second-order valence-corrected chi connectivity index (χ2v) is 26.6. The summed E-state index contributed by atoms with van der Waals surface area (Å²) < 4.78 is 148. The van der Waals surface area contributed by atoms with E-state index in [1.165, 1.54) is 24.3 Å². The largest absolute Gasteiger partial charge is 0.394 e. The second kappa shape index (κ2) is 24.2. The van der Waals surface area contributed by atoms with Gasteiger partial charge in [0.1, 0.15) is 40.7 Å². The number of benzene rings is 4. The summed E-state index contributed by atoms with van der Waals surface area (Å²) in [5.74, 6) is -0.305. The molecule has 10 N–H and O–H groups in total. The molecule has 1 saturated heterocycles. The van der Waals surface area contributed by atoms with E-state index in [0.717, 1.165) is 24.3 Å². The van der Waals surface area contributed by atoms with Crippen LogP contribution < -0.4 is 15.5 Å². The van der Waals surface area contributed by atoms with Gasteiger partial charge in [0.2, 0.25) is 11.6 Å². The van der Waals surface area contributed by atoms with Crippen molar-refractivity contribution in [3.63, 3.8) is 0 Å². The van der Waals surface area contributed by atoms with Crippen molar-refractivity contribution in [2.45, 2.75) is 134 Å². The van der Waals surface area contributed by atoms with Crippen LogP contribution in [0.15, 0.2) is 109 Å². The molecule has 7 rings (SSSR count). The van der Waals surface area contributed by atoms with Gasteiger partial charge in [-0.25, -0.2) is 4.79 Å². The quantitative estimate of drug-likeness (QED) is 0.0132. The standard InChI is InChI=1S/C52H64N6O20S4/c1-6-56-36-27-39(81(72,73)74)32-20-18-30(79(66,67)68)25-34(32)44(36)51(2,3)41(56)15-9-7-10-16-42-52(4,5)45-35-26-31(80(69,70)71)19-21-33(35)40(82(75,76)77)28-37(45)57(42)23-13-8-11-17-43(60)53-22-12-14-24-58(55-65)50(64)54-46-48(62)47(61)38(29-59)78-49(46)63/h7,9-10,15-16,18-21,25-28,38,46-49,59,61-63H,6,8,11-14,17,22-24,29H2,1-5H3,(H5-,53,54,60,64,66,67,68,69,70,71,72,73,74,75,76,77)/p+1/t38-,46-,47+,48-,49-/m1/s1. The number of unbranched alkanes of at least 4 members (excludes halogenated alkanes) is 3. The molecule has 4 aromatic rings. The number of carbonyl (C=O) groups is 2. The lowest BCUT2D eigenvalue weighted by Gasteiger charge is -2.40. The van der Waals surface area contributed by atoms with Gasteiger partial charge < -0.3 is 40.7 Å². The fourth-order valence-corrected chi connectivity index (χ4v) is 13.5. The van der Waals surface area contributed by atoms with Crippen LogP contribution in [0.5, 0.6) is 0 Å². The van der Waals surface area contributed by atoms with E-state index in [1.807, 2.05) is 44.1 Å². The van der Waals surface area contributed by atoms with Gasteiger partial charge in [0.25, 0.3) is 40.5 Å². The van der Waals surface area contributed by atoms with Gasteiger partial charge in [-0.2, -0.15) is 43.3 Å². The SMILES string of the molecule is CCN1C(=CC=CC=CC2=[N+](CCCCCC(=O)NCCCCN(N=O)C(=O)N[C@@H]3[C@@H](O)[C@@H](O)[C@@H](CO)O[C@H]3O)c3cc(S(=O)(=O)O)c4ccc(S(=O)(=O)O)cc4c3C2(C)C)C(C)(C)c2c1cc(S(=O)(=O)O)c1ccc(S(=O)(=O)O)cc21. The lowest BCUT2D eigenvalue weighted by atomic mass is 9.79. The predicted octanol–water partition coefficient (Wildman–Crippen LogP) is 4.12. The Balaban J connectivity index is 1.09. The average molecular weight is 1220 g/mol. The number of amides is 3. The topological polar surface area (TPSA) is 405 Å². The minimum atomic E-state index is -4.94. The fourth-order valence-electron chi connectivity index (χ4n) is 11.0. The Morgan fingerprint density at radius 1 is 0.732 bits per heavy atom. The number of hydrogen-bond donors (Lipinski definition) is 10. The van der Waals surface area contributed by atoms with E-state index in [9.17, 15) is 86.8 Å². The Labute approximate surface area is 473 Å². The summed E-state index contributed by atoms with van der Waals surface area (Å²) >= 11 is 0. The number of carbonyl (C=O) groups excluding carboxylic acids is 2. The van der Waals surface area contributed by atoms with Crippen LogP contribution >= 0.6 is 0 Å². The van der Waals surface area contributed by atoms with Crippen LogP contribution in [0.3, 0.4) is 0 Å². The van der Waals surface area contributed by atoms with Gasteiger partial charge in [0.05, 0.1) is 27.1 Å². The first-order valence-corrected chi connectivity index (χ1v) is 31.5. The van der Waals surface area contributed by atoms with Crippen molar-refractivity contribution < 1.29 is 91.2 Å². The van der Waals surface area contributed by atoms with Crippen LogP contribution in [0.2, 0.25) is 0 Å². The second-order valence-electron chi connectivity index (χ2n) is 21.0. The third kappa shape index (κ3) is 13.0. The van der Waals surface area contributed by atoms with Crippen LogP contribution in [0, 0.1) is 4.91 Å². The Bertz CT molecular complexity index is 3810. The van der Waals surface area contributed by atoms with Gasteiger partial charge in [-0.1, -0.05) is 44.2 Å². The highest BCUT2D eigenvalue weighted by atomic mass is 32.2. The van der Waals surface area contributed by atoms with Gasteiger partial charge in [0.15, 0.2) is 12.0 Å². The molecule has 3 amide bonds. The van der Waals surface area contributed by atoms with Crippen molar-refractivity contribution in [1.29, 1.82) is 0 Å². The number of nitrogens with one attached hydrogen (secondary N) is 2. The van der Waals surface area contributed by atoms with Crippen molar-refractivity contribution in [2.75, 3.05) is 37.7 Å². The maximum atomic E-state index is 13.0. The monoisotopic (exact) mass is 1220 g/mol. The molecule has 3 aliphatic heterocycles. The summed E-state index contributed by atoms with van der Waals surface area (Å²) in [4.78, 5) is 36.8. The number of hydrogen-bond acceptors (Lipinski definition) is 18. The number of aliphatic hydroxyl groups excluding tert-OH is 4. The number of urea groups is 1. The molecular weight excluding hydrogens is 1160 g/mol. The molecule has 26 nitrogen and oxygen atoms in total. The molecule has 82 heavy (non-hydrogen) atoms. The molecule has 0 spiro atoms. The van der Waals surface area contributed by atoms with E-state index in [1.54, 1.807) is 30.4 Å². The smallest absolute Gasteiger partial charge is 0.340 e. The summed E-state index contributed by atoms with van der Waals surface area (Å²) in [6, 6.07) is 6.71. The highest BCUT2D eigenvalue weighted by molar-refractivity contribution is 7.86. The van der Waals surface area contributed by atoms with Crippen LogP contribution in [-0.2, 0) is 60.8 Å². The van der Waals surface area contributed by atoms with Crippen LogP contribution in [0.4, 0.5) is 16.2 Å². The number of rotatable bonds is 22. The zero-order valence-electron chi connectivity index (χ0n) is 45.1. The van der Waals surface area contributed by atoms with Gasteiger partial charge in [0, 0.05) is 77.8 Å². The molecule has 0 saturated carbocycles. The molecule has 0 unspecified atom stereocenters. The summed E-state index contributed by atoms with van der Waals surface area (Å²) in [7, 11) is -19.3. The van der Waals surface area contributed by atoms with Gasteiger partial charge in [-0.05, 0) is 99.2 Å². The highest BCUT2D eigenvalue weighted by Gasteiger charge is 2.48. The predicted molar refractivity (Wildman–Crippen MR) is 298 cm³/mol. The van der Waals surface area contributed by atoms with Crippen molar-refractivity contribution in [3.05, 3.63) is 101 Å². The summed E-state index contributed by atoms with van der Waals surface area (Å²) in [6.45, 7) is 8.91. The van der Waals surface area contributed by atoms with E-state index in [-0.39, 0.29) is 59.9 Å². The minimum Gasteiger partial charge on any atom is -0.394 e. The number of likely N-dealkylation sites (N-methyl/N-ethyl adjacent to an activating group) is 1. The Morgan fingerprint density at radius 2 is 1.33 bits per heavy atom. The number of anilines is 1. The average Bonchev–Trinajstić information content (AvgIpc) is 1.75. The molecule has 1 fully saturated rings. The number of nitroso groups, excluding NO2 is 1. The van der Waals surface area contributed by atoms with Crippen LogP contribution in [0.1, 0.15) is 84.3 Å². The molecule has 0 aromatic heterocycles. The first-order valence-electron chi connectivity index (χ1n) is 25.8. The molecule has 0 aliphatic carbocycles. The third-order valence-electron chi connectivity index (χ3n) is 14.9. The minimum absolute atomic E-state index is 0.00891. The van der Waals surface area contributed by atoms with Crippen LogP contribution in [0.25, 0.3) is 21.5 Å². The normalized spacial score (nSPS) is 21.5. The molecular formula is C52H65N6O20S4+. The maximum absolute atomic E-state index is 13.0. The number of aliphatic hydroxyl groups is 4. The van der Waals surface area contributed by atoms with Gasteiger partial charge in [-0.15, -0.1) is 4.91 Å². The molecule has 5 atom stereocenters. The van der Waals surface area contributed by atoms with E-state index in [0.29, 0.717) is 71.1 Å². The summed E-state index contributed by atoms with van der Waals surface area (Å²) in [6.07, 6.45) is 4.00. The molecule has 4 aromatic carbocycles. The lowest BCUT2D eigenvalue weighted by Crippen LogP contribution is -2.65. The summed E-state index contributed by atoms with van der Waals surface area (Å²) in [5, 5.41) is 48.2. The first-order chi connectivity index (χ1) is 38.2. The molecule has 446 valence electrons. The van der Waals surface area contributed by atoms with Crippen molar-refractivity contribution in [3.8, 4) is 0 Å². The van der Waals surface area contributed by atoms with E-state index in [4.69, 9.17) is 4.74 Å². The maximum Gasteiger partial charge on any atom is 0.340 e. The molecule has 0 radical (unpaired) electrons. The highest BCUT2D eigenvalue weighted by Crippen LogP contribution is 2.53. The number of nitrogens with zero attached hydrogens (tertiary/aromatic N) is 4. The fraction of sp³-hybridized carbons (Fsp3) is 0.442. The zero-order valence-corrected chi connectivity index (χ0v) is 48.3. The summed E-state index contributed by atoms with van der Waals surface area (Å²) in [5.41, 5.74) is 1.00. The number of fused-ring (bicyclic) bond motifs is 6. The Morgan fingerprint density at radius 3 is 1.89 bits per heavy atom. The number of allylic oxidation sites excluding steroid dienone is 6. The Kier molecular flexibility index (Phi) is 18.7. The van der Waals surface area contributed by atoms with Crippen molar-refractivity contribution in [1.82, 2.24) is 15.6 Å². The van der Waals surface area contributed by atoms with Crippen molar-refractivity contribution in [2.24, 2.45) is 5.29 Å². The van der Waals surface area contributed by atoms with Gasteiger partial charge in [-0.3, -0.25) is 23.0 Å². The van der Waals surface area contributed by atoms with Gasteiger partial charge >= 0.3 is 6.03 Å². The molecule has 30 heteroatoms. The van der Waals surface area contributed by atoms with Crippen LogP contribution in [-0.4, -0.2) is 163 Å². The molecule has 0 bridgehead atoms. The third-order valence-corrected chi connectivity index (χ3v) is 18.4. The molecule has 3 aliphatic rings. The van der Waals surface area contributed by atoms with E-state index in [2.05, 4.69) is 15.9 Å². The Hall–Kier alpha value is -6.13. The van der Waals surface area contributed by atoms with E-state index >= 15 is 0 Å².